The predicted octanol–water partition coefficient (Wildman–Crippen LogP) is 3.35. The standard InChI is InChI=1S/C15H16ClFN2O/c1-9-7-11(20-2)4-6-12(9)15(19-18)13-5-3-10(16)8-14(13)17/h3-8,15,19H,18H2,1-2H3. The van der Waals surface area contributed by atoms with Crippen LogP contribution >= 0.6 is 11.6 Å². The molecular formula is C15H16ClFN2O. The van der Waals surface area contributed by atoms with Crippen molar-refractivity contribution in [2.45, 2.75) is 13.0 Å². The highest BCUT2D eigenvalue weighted by atomic mass is 35.5. The van der Waals surface area contributed by atoms with Gasteiger partial charge in [0.05, 0.1) is 13.2 Å². The molecule has 1 unspecified atom stereocenters. The molecule has 0 aromatic heterocycles. The minimum atomic E-state index is -0.446. The molecule has 0 saturated carbocycles. The van der Waals surface area contributed by atoms with E-state index in [0.29, 0.717) is 10.6 Å². The highest BCUT2D eigenvalue weighted by molar-refractivity contribution is 6.30. The molecule has 0 aliphatic heterocycles. The second-order valence-electron chi connectivity index (χ2n) is 4.49. The van der Waals surface area contributed by atoms with Gasteiger partial charge < -0.3 is 4.74 Å². The molecule has 106 valence electrons. The molecule has 3 N–H and O–H groups in total. The van der Waals surface area contributed by atoms with Crippen LogP contribution in [0.5, 0.6) is 5.75 Å². The monoisotopic (exact) mass is 294 g/mol. The second-order valence-corrected chi connectivity index (χ2v) is 4.92. The Balaban J connectivity index is 2.47. The summed E-state index contributed by atoms with van der Waals surface area (Å²) >= 11 is 5.77. The third kappa shape index (κ3) is 2.93. The summed E-state index contributed by atoms with van der Waals surface area (Å²) in [4.78, 5) is 0. The molecule has 0 spiro atoms. The SMILES string of the molecule is COc1ccc(C(NN)c2ccc(Cl)cc2F)c(C)c1. The normalized spacial score (nSPS) is 12.2. The maximum Gasteiger partial charge on any atom is 0.129 e. The molecule has 2 aromatic carbocycles. The van der Waals surface area contributed by atoms with Gasteiger partial charge in [0.1, 0.15) is 11.6 Å². The van der Waals surface area contributed by atoms with Crippen molar-refractivity contribution in [3.63, 3.8) is 0 Å². The minimum absolute atomic E-state index is 0.355. The van der Waals surface area contributed by atoms with Crippen LogP contribution in [0.2, 0.25) is 5.02 Å². The Morgan fingerprint density at radius 1 is 1.20 bits per heavy atom. The zero-order chi connectivity index (χ0) is 14.7. The summed E-state index contributed by atoms with van der Waals surface area (Å²) in [6.07, 6.45) is 0. The molecule has 0 bridgehead atoms. The molecule has 3 nitrogen and oxygen atoms in total. The first-order chi connectivity index (χ1) is 9.56. The highest BCUT2D eigenvalue weighted by Gasteiger charge is 2.18. The zero-order valence-corrected chi connectivity index (χ0v) is 12.0. The van der Waals surface area contributed by atoms with Gasteiger partial charge in [0, 0.05) is 10.6 Å². The number of rotatable bonds is 4. The molecule has 2 aromatic rings. The molecule has 0 aliphatic carbocycles. The largest absolute Gasteiger partial charge is 0.497 e. The quantitative estimate of drug-likeness (QED) is 0.671. The van der Waals surface area contributed by atoms with Crippen molar-refractivity contribution in [3.8, 4) is 5.75 Å². The van der Waals surface area contributed by atoms with Crippen LogP contribution in [-0.2, 0) is 0 Å². The van der Waals surface area contributed by atoms with Crippen LogP contribution in [0.3, 0.4) is 0 Å². The van der Waals surface area contributed by atoms with Crippen molar-refractivity contribution >= 4 is 11.6 Å². The molecule has 2 rings (SSSR count). The molecule has 0 fully saturated rings. The molecule has 20 heavy (non-hydrogen) atoms. The van der Waals surface area contributed by atoms with Gasteiger partial charge >= 0.3 is 0 Å². The Labute approximate surface area is 122 Å². The number of hydrogen-bond acceptors (Lipinski definition) is 3. The van der Waals surface area contributed by atoms with Gasteiger partial charge in [0.25, 0.3) is 0 Å². The summed E-state index contributed by atoms with van der Waals surface area (Å²) in [7, 11) is 1.60. The van der Waals surface area contributed by atoms with Gasteiger partial charge in [-0.25, -0.2) is 9.82 Å². The first kappa shape index (κ1) is 14.8. The second kappa shape index (κ2) is 6.22. The summed E-state index contributed by atoms with van der Waals surface area (Å²) in [5, 5.41) is 0.355. The van der Waals surface area contributed by atoms with Crippen molar-refractivity contribution in [1.82, 2.24) is 5.43 Å². The lowest BCUT2D eigenvalue weighted by molar-refractivity contribution is 0.414. The van der Waals surface area contributed by atoms with Crippen LogP contribution in [-0.4, -0.2) is 7.11 Å². The van der Waals surface area contributed by atoms with E-state index in [-0.39, 0.29) is 0 Å². The maximum atomic E-state index is 14.0. The van der Waals surface area contributed by atoms with Gasteiger partial charge in [-0.1, -0.05) is 23.7 Å². The maximum absolute atomic E-state index is 14.0. The summed E-state index contributed by atoms with van der Waals surface area (Å²) in [6, 6.07) is 9.67. The number of nitrogens with two attached hydrogens (primary N) is 1. The van der Waals surface area contributed by atoms with E-state index >= 15 is 0 Å². The van der Waals surface area contributed by atoms with E-state index in [2.05, 4.69) is 5.43 Å². The Morgan fingerprint density at radius 3 is 2.45 bits per heavy atom. The van der Waals surface area contributed by atoms with E-state index < -0.39 is 11.9 Å². The molecule has 0 radical (unpaired) electrons. The van der Waals surface area contributed by atoms with Crippen molar-refractivity contribution in [1.29, 1.82) is 0 Å². The van der Waals surface area contributed by atoms with Crippen LogP contribution in [0.25, 0.3) is 0 Å². The van der Waals surface area contributed by atoms with Crippen LogP contribution in [0.1, 0.15) is 22.7 Å². The minimum Gasteiger partial charge on any atom is -0.497 e. The van der Waals surface area contributed by atoms with Gasteiger partial charge in [-0.3, -0.25) is 5.84 Å². The van der Waals surface area contributed by atoms with E-state index in [1.165, 1.54) is 6.07 Å². The van der Waals surface area contributed by atoms with Gasteiger partial charge in [-0.15, -0.1) is 0 Å². The van der Waals surface area contributed by atoms with Crippen LogP contribution < -0.4 is 16.0 Å². The lowest BCUT2D eigenvalue weighted by Crippen LogP contribution is -2.30. The summed E-state index contributed by atoms with van der Waals surface area (Å²) in [6.45, 7) is 1.93. The summed E-state index contributed by atoms with van der Waals surface area (Å²) < 4.78 is 19.2. The molecular weight excluding hydrogens is 279 g/mol. The van der Waals surface area contributed by atoms with Gasteiger partial charge in [-0.05, 0) is 42.3 Å². The smallest absolute Gasteiger partial charge is 0.129 e. The lowest BCUT2D eigenvalue weighted by Gasteiger charge is -2.20. The molecule has 0 heterocycles. The Hall–Kier alpha value is -1.62. The van der Waals surface area contributed by atoms with Gasteiger partial charge in [0.2, 0.25) is 0 Å². The van der Waals surface area contributed by atoms with Crippen molar-refractivity contribution in [3.05, 3.63) is 63.9 Å². The van der Waals surface area contributed by atoms with Crippen LogP contribution in [0.15, 0.2) is 36.4 Å². The Bertz CT molecular complexity index is 619. The number of aryl methyl sites for hydroxylation is 1. The lowest BCUT2D eigenvalue weighted by atomic mass is 9.95. The molecule has 0 saturated heterocycles. The van der Waals surface area contributed by atoms with Gasteiger partial charge in [-0.2, -0.15) is 0 Å². The average molecular weight is 295 g/mol. The number of benzene rings is 2. The van der Waals surface area contributed by atoms with Gasteiger partial charge in [0.15, 0.2) is 0 Å². The van der Waals surface area contributed by atoms with Crippen LogP contribution in [0.4, 0.5) is 4.39 Å². The third-order valence-corrected chi connectivity index (χ3v) is 3.46. The fourth-order valence-corrected chi connectivity index (χ4v) is 2.34. The van der Waals surface area contributed by atoms with Crippen molar-refractivity contribution in [2.75, 3.05) is 7.11 Å². The number of nitrogens with one attached hydrogen (secondary N) is 1. The van der Waals surface area contributed by atoms with E-state index in [1.54, 1.807) is 19.2 Å². The highest BCUT2D eigenvalue weighted by Crippen LogP contribution is 2.29. The fourth-order valence-electron chi connectivity index (χ4n) is 2.18. The number of halogens is 2. The fraction of sp³-hybridized carbons (Fsp3) is 0.200. The number of hydrazine groups is 1. The van der Waals surface area contributed by atoms with E-state index in [9.17, 15) is 4.39 Å². The molecule has 5 heteroatoms. The van der Waals surface area contributed by atoms with Crippen LogP contribution in [0, 0.1) is 12.7 Å². The average Bonchev–Trinajstić information content (AvgIpc) is 2.43. The topological polar surface area (TPSA) is 47.3 Å². The molecule has 0 amide bonds. The number of hydrogen-bond donors (Lipinski definition) is 2. The number of methoxy groups -OCH3 is 1. The summed E-state index contributed by atoms with van der Waals surface area (Å²) in [5.74, 6) is 5.96. The number of ether oxygens (including phenoxy) is 1. The Kier molecular flexibility index (Phi) is 4.60. The Morgan fingerprint density at radius 2 is 1.90 bits per heavy atom. The summed E-state index contributed by atoms with van der Waals surface area (Å²) in [5.41, 5.74) is 4.94. The van der Waals surface area contributed by atoms with E-state index in [1.807, 2.05) is 25.1 Å². The molecule has 1 atom stereocenters. The first-order valence-corrected chi connectivity index (χ1v) is 6.50. The van der Waals surface area contributed by atoms with E-state index in [0.717, 1.165) is 16.9 Å². The van der Waals surface area contributed by atoms with E-state index in [4.69, 9.17) is 22.2 Å². The predicted molar refractivity (Wildman–Crippen MR) is 78.3 cm³/mol. The first-order valence-electron chi connectivity index (χ1n) is 6.12. The third-order valence-electron chi connectivity index (χ3n) is 3.23. The zero-order valence-electron chi connectivity index (χ0n) is 11.3. The van der Waals surface area contributed by atoms with Crippen molar-refractivity contribution < 1.29 is 9.13 Å². The van der Waals surface area contributed by atoms with Crippen molar-refractivity contribution in [2.24, 2.45) is 5.84 Å². The molecule has 0 aliphatic rings.